The molecular weight excluding hydrogens is 160 g/mol. The molecule has 0 amide bonds. The lowest BCUT2D eigenvalue weighted by atomic mass is 10.1. The summed E-state index contributed by atoms with van der Waals surface area (Å²) >= 11 is 4.65. The van der Waals surface area contributed by atoms with Gasteiger partial charge in [0.2, 0.25) is 0 Å². The molecule has 0 saturated carbocycles. The molecule has 0 saturated heterocycles. The van der Waals surface area contributed by atoms with E-state index in [-0.39, 0.29) is 5.56 Å². The Hall–Kier alpha value is -1.22. The smallest absolute Gasteiger partial charge is 0.335 e. The van der Waals surface area contributed by atoms with Crippen LogP contribution in [0.5, 0.6) is 0 Å². The van der Waals surface area contributed by atoms with E-state index in [9.17, 15) is 4.79 Å². The number of carboxylic acids is 1. The second kappa shape index (κ2) is 3.25. The van der Waals surface area contributed by atoms with E-state index in [1.165, 1.54) is 17.5 Å². The molecule has 0 bridgehead atoms. The van der Waals surface area contributed by atoms with E-state index in [0.717, 1.165) is 5.56 Å². The van der Waals surface area contributed by atoms with Gasteiger partial charge in [0.25, 0.3) is 0 Å². The van der Waals surface area contributed by atoms with Crippen LogP contribution in [-0.4, -0.2) is 16.4 Å². The predicted octanol–water partition coefficient (Wildman–Crippen LogP) is 1.73. The van der Waals surface area contributed by atoms with Gasteiger partial charge in [0.05, 0.1) is 5.56 Å². The number of hydrogen-bond donors (Lipinski definition) is 1. The Kier molecular flexibility index (Phi) is 2.33. The van der Waals surface area contributed by atoms with Crippen molar-refractivity contribution in [2.45, 2.75) is 0 Å². The fourth-order valence-corrected chi connectivity index (χ4v) is 0.892. The number of aromatic carboxylic acids is 1. The average Bonchev–Trinajstić information content (AvgIpc) is 2.05. The normalized spacial score (nSPS) is 9.09. The first-order valence-electron chi connectivity index (χ1n) is 3.02. The molecule has 1 N–H and O–H groups in total. The summed E-state index contributed by atoms with van der Waals surface area (Å²) in [5.41, 5.74) is 1.02. The van der Waals surface area contributed by atoms with Gasteiger partial charge in [-0.15, -0.1) is 0 Å². The third kappa shape index (κ3) is 1.85. The van der Waals surface area contributed by atoms with Crippen LogP contribution in [0.25, 0.3) is 0 Å². The van der Waals surface area contributed by atoms with E-state index in [2.05, 4.69) is 12.2 Å². The highest BCUT2D eigenvalue weighted by molar-refractivity contribution is 7.79. The minimum atomic E-state index is -0.927. The molecule has 0 aliphatic carbocycles. The largest absolute Gasteiger partial charge is 0.478 e. The molecular formula is C8H6O2S. The Morgan fingerprint density at radius 3 is 2.82 bits per heavy atom. The van der Waals surface area contributed by atoms with Crippen molar-refractivity contribution in [3.63, 3.8) is 0 Å². The number of hydrogen-bond acceptors (Lipinski definition) is 2. The molecule has 0 fully saturated rings. The van der Waals surface area contributed by atoms with E-state index in [1.54, 1.807) is 12.1 Å². The van der Waals surface area contributed by atoms with Crippen molar-refractivity contribution in [3.05, 3.63) is 35.4 Å². The molecule has 11 heavy (non-hydrogen) atoms. The molecule has 1 aromatic carbocycles. The van der Waals surface area contributed by atoms with Gasteiger partial charge in [-0.1, -0.05) is 24.4 Å². The molecule has 0 spiro atoms. The van der Waals surface area contributed by atoms with E-state index in [0.29, 0.717) is 0 Å². The van der Waals surface area contributed by atoms with Gasteiger partial charge in [-0.05, 0) is 17.7 Å². The third-order valence-electron chi connectivity index (χ3n) is 1.27. The fourth-order valence-electron chi connectivity index (χ4n) is 0.745. The first-order valence-corrected chi connectivity index (χ1v) is 3.49. The van der Waals surface area contributed by atoms with Gasteiger partial charge in [-0.2, -0.15) is 0 Å². The highest BCUT2D eigenvalue weighted by atomic mass is 32.1. The molecule has 0 atom stereocenters. The Morgan fingerprint density at radius 2 is 2.27 bits per heavy atom. The summed E-state index contributed by atoms with van der Waals surface area (Å²) in [5.74, 6) is -0.927. The van der Waals surface area contributed by atoms with Gasteiger partial charge in [-0.25, -0.2) is 4.79 Å². The minimum absolute atomic E-state index is 0.267. The van der Waals surface area contributed by atoms with Crippen LogP contribution in [0.3, 0.4) is 0 Å². The summed E-state index contributed by atoms with van der Waals surface area (Å²) in [4.78, 5) is 10.4. The Morgan fingerprint density at radius 1 is 1.55 bits per heavy atom. The molecule has 3 heteroatoms. The lowest BCUT2D eigenvalue weighted by Crippen LogP contribution is -1.96. The maximum Gasteiger partial charge on any atom is 0.335 e. The molecule has 0 aromatic heterocycles. The third-order valence-corrected chi connectivity index (χ3v) is 1.54. The number of carboxylic acid groups (broad SMARTS) is 1. The molecule has 0 aliphatic rings. The summed E-state index contributed by atoms with van der Waals surface area (Å²) in [6.07, 6.45) is 0. The number of rotatable bonds is 2. The van der Waals surface area contributed by atoms with Crippen LogP contribution < -0.4 is 0 Å². The van der Waals surface area contributed by atoms with Crippen LogP contribution in [-0.2, 0) is 0 Å². The van der Waals surface area contributed by atoms with E-state index < -0.39 is 5.97 Å². The first kappa shape index (κ1) is 7.88. The van der Waals surface area contributed by atoms with Crippen molar-refractivity contribution >= 4 is 23.6 Å². The lowest BCUT2D eigenvalue weighted by Gasteiger charge is -1.94. The summed E-state index contributed by atoms with van der Waals surface area (Å²) in [5, 5.41) is 10.0. The Balaban J connectivity index is 3.10. The van der Waals surface area contributed by atoms with Crippen LogP contribution in [0.15, 0.2) is 24.3 Å². The van der Waals surface area contributed by atoms with Gasteiger partial charge in [0.1, 0.15) is 0 Å². The van der Waals surface area contributed by atoms with Crippen LogP contribution in [0.2, 0.25) is 0 Å². The summed E-state index contributed by atoms with van der Waals surface area (Å²) in [6.45, 7) is 0. The second-order valence-corrected chi connectivity index (χ2v) is 2.28. The number of carbonyl (C=O) groups is 1. The van der Waals surface area contributed by atoms with Gasteiger partial charge in [-0.3, -0.25) is 0 Å². The molecule has 1 aromatic rings. The maximum absolute atomic E-state index is 10.4. The van der Waals surface area contributed by atoms with Gasteiger partial charge >= 0.3 is 5.97 Å². The zero-order chi connectivity index (χ0) is 8.27. The summed E-state index contributed by atoms with van der Waals surface area (Å²) in [6, 6.07) is 6.50. The van der Waals surface area contributed by atoms with Gasteiger partial charge in [0, 0.05) is 5.37 Å². The quantitative estimate of drug-likeness (QED) is 0.680. The number of thiocarbonyl (C=S) groups is 1. The highest BCUT2D eigenvalue weighted by Crippen LogP contribution is 2.02. The molecule has 2 nitrogen and oxygen atoms in total. The van der Waals surface area contributed by atoms with Crippen molar-refractivity contribution in [1.82, 2.24) is 0 Å². The van der Waals surface area contributed by atoms with Crippen molar-refractivity contribution in [3.8, 4) is 0 Å². The SMILES string of the molecule is O=C(O)c1cccc(C=S)c1. The summed E-state index contributed by atoms with van der Waals surface area (Å²) < 4.78 is 0. The van der Waals surface area contributed by atoms with Crippen LogP contribution in [0, 0.1) is 0 Å². The zero-order valence-electron chi connectivity index (χ0n) is 5.65. The lowest BCUT2D eigenvalue weighted by molar-refractivity contribution is 0.0697. The predicted molar refractivity (Wildman–Crippen MR) is 46.2 cm³/mol. The van der Waals surface area contributed by atoms with E-state index in [4.69, 9.17) is 5.11 Å². The van der Waals surface area contributed by atoms with Crippen LogP contribution in [0.1, 0.15) is 15.9 Å². The Labute approximate surface area is 69.5 Å². The first-order chi connectivity index (χ1) is 5.24. The van der Waals surface area contributed by atoms with Crippen molar-refractivity contribution in [2.75, 3.05) is 0 Å². The molecule has 56 valence electrons. The molecule has 0 radical (unpaired) electrons. The zero-order valence-corrected chi connectivity index (χ0v) is 6.47. The van der Waals surface area contributed by atoms with Crippen molar-refractivity contribution in [1.29, 1.82) is 0 Å². The molecule has 1 rings (SSSR count). The number of benzene rings is 1. The topological polar surface area (TPSA) is 37.3 Å². The van der Waals surface area contributed by atoms with Gasteiger partial charge < -0.3 is 5.11 Å². The molecule has 0 heterocycles. The van der Waals surface area contributed by atoms with E-state index in [1.807, 2.05) is 0 Å². The second-order valence-electron chi connectivity index (χ2n) is 2.05. The minimum Gasteiger partial charge on any atom is -0.478 e. The summed E-state index contributed by atoms with van der Waals surface area (Å²) in [7, 11) is 0. The van der Waals surface area contributed by atoms with E-state index >= 15 is 0 Å². The van der Waals surface area contributed by atoms with Crippen LogP contribution >= 0.6 is 12.2 Å². The van der Waals surface area contributed by atoms with Crippen molar-refractivity contribution < 1.29 is 9.90 Å². The average molecular weight is 166 g/mol. The maximum atomic E-state index is 10.4. The van der Waals surface area contributed by atoms with Crippen LogP contribution in [0.4, 0.5) is 0 Å². The standard InChI is InChI=1S/C8H6O2S/c9-8(10)7-3-1-2-6(4-7)5-11/h1-5H,(H,9,10). The van der Waals surface area contributed by atoms with Gasteiger partial charge in [0.15, 0.2) is 0 Å². The molecule has 0 aliphatic heterocycles. The van der Waals surface area contributed by atoms with Crippen molar-refractivity contribution in [2.24, 2.45) is 0 Å². The Bertz CT molecular complexity index is 294. The monoisotopic (exact) mass is 166 g/mol. The highest BCUT2D eigenvalue weighted by Gasteiger charge is 2.00. The molecule has 0 unspecified atom stereocenters. The fraction of sp³-hybridized carbons (Fsp3) is 0.